The Morgan fingerprint density at radius 2 is 1.42 bits per heavy atom. The fourth-order valence-corrected chi connectivity index (χ4v) is 7.51. The molecule has 0 saturated heterocycles. The predicted octanol–water partition coefficient (Wildman–Crippen LogP) is 2.43. The van der Waals surface area contributed by atoms with Crippen molar-refractivity contribution in [3.8, 4) is 0 Å². The molecule has 0 aliphatic heterocycles. The second-order valence-corrected chi connectivity index (χ2v) is 12.7. The molecular weight excluding hydrogens is 480 g/mol. The Balaban J connectivity index is 1.97. The number of hydrogen-bond acceptors (Lipinski definition) is 6. The van der Waals surface area contributed by atoms with E-state index in [1.165, 1.54) is 6.92 Å². The lowest BCUT2D eigenvalue weighted by atomic mass is 9.51. The first kappa shape index (κ1) is 24.6. The van der Waals surface area contributed by atoms with Crippen LogP contribution in [0, 0.1) is 11.8 Å². The van der Waals surface area contributed by atoms with Crippen LogP contribution in [0.15, 0.2) is 0 Å². The van der Waals surface area contributed by atoms with Gasteiger partial charge in [-0.3, -0.25) is 8.98 Å². The number of nitrogens with one attached hydrogen (secondary N) is 1. The van der Waals surface area contributed by atoms with Crippen LogP contribution in [0.25, 0.3) is 0 Å². The first-order valence-corrected chi connectivity index (χ1v) is 12.6. The molecule has 180 valence electrons. The molecule has 2 unspecified atom stereocenters. The predicted molar refractivity (Wildman–Crippen MR) is 93.7 cm³/mol. The summed E-state index contributed by atoms with van der Waals surface area (Å²) in [5.41, 5.74) is -2.88. The lowest BCUT2D eigenvalue weighted by Gasteiger charge is -2.61. The van der Waals surface area contributed by atoms with Gasteiger partial charge in [-0.15, -0.1) is 0 Å². The van der Waals surface area contributed by atoms with Crippen LogP contribution >= 0.6 is 0 Å². The highest BCUT2D eigenvalue weighted by Gasteiger charge is 2.82. The summed E-state index contributed by atoms with van der Waals surface area (Å²) >= 11 is 0. The van der Waals surface area contributed by atoms with Crippen LogP contribution in [0.1, 0.15) is 45.4 Å². The van der Waals surface area contributed by atoms with Crippen LogP contribution in [0.3, 0.4) is 0 Å². The molecule has 0 spiro atoms. The van der Waals surface area contributed by atoms with Crippen molar-refractivity contribution in [1.29, 1.82) is 0 Å². The first-order chi connectivity index (χ1) is 13.7. The van der Waals surface area contributed by atoms with Gasteiger partial charge in [-0.05, 0) is 43.9 Å². The molecule has 1 amide bonds. The van der Waals surface area contributed by atoms with Crippen LogP contribution in [0.5, 0.6) is 0 Å². The fraction of sp³-hybridized carbons (Fsp3) is 0.938. The molecule has 0 radical (unpaired) electrons. The molecule has 4 bridgehead atoms. The Hall–Kier alpha value is -1.09. The van der Waals surface area contributed by atoms with E-state index in [4.69, 9.17) is 0 Å². The van der Waals surface area contributed by atoms with Crippen molar-refractivity contribution in [3.05, 3.63) is 0 Å². The lowest BCUT2D eigenvalue weighted by molar-refractivity contribution is -0.248. The molecule has 0 aromatic carbocycles. The third-order valence-electron chi connectivity index (χ3n) is 6.25. The molecule has 7 nitrogen and oxygen atoms in total. The quantitative estimate of drug-likeness (QED) is 0.424. The van der Waals surface area contributed by atoms with Crippen LogP contribution in [0.4, 0.5) is 26.3 Å². The Morgan fingerprint density at radius 3 is 1.84 bits per heavy atom. The lowest BCUT2D eigenvalue weighted by Crippen LogP contribution is -2.67. The van der Waals surface area contributed by atoms with Crippen LogP contribution in [-0.2, 0) is 28.9 Å². The summed E-state index contributed by atoms with van der Waals surface area (Å²) in [7, 11) is -12.8. The maximum atomic E-state index is 14.3. The number of amides is 1. The van der Waals surface area contributed by atoms with E-state index >= 15 is 0 Å². The van der Waals surface area contributed by atoms with E-state index in [1.54, 1.807) is 0 Å². The molecule has 4 aliphatic rings. The van der Waals surface area contributed by atoms with E-state index in [0.717, 1.165) is 0 Å². The molecule has 2 atom stereocenters. The Labute approximate surface area is 174 Å². The van der Waals surface area contributed by atoms with Crippen LogP contribution in [-0.4, -0.2) is 56.6 Å². The fourth-order valence-electron chi connectivity index (χ4n) is 5.64. The van der Waals surface area contributed by atoms with E-state index in [-0.39, 0.29) is 31.1 Å². The van der Waals surface area contributed by atoms with Gasteiger partial charge in [0.1, 0.15) is 0 Å². The van der Waals surface area contributed by atoms with Gasteiger partial charge >= 0.3 is 26.5 Å². The van der Waals surface area contributed by atoms with Crippen molar-refractivity contribution in [3.63, 3.8) is 0 Å². The van der Waals surface area contributed by atoms with Crippen molar-refractivity contribution in [2.45, 2.75) is 73.0 Å². The Morgan fingerprint density at radius 1 is 0.935 bits per heavy atom. The molecule has 1 N–H and O–H groups in total. The number of carbonyl (C=O) groups excluding carboxylic acids is 1. The third kappa shape index (κ3) is 3.63. The summed E-state index contributed by atoms with van der Waals surface area (Å²) in [5, 5.41) is -10.3. The van der Waals surface area contributed by atoms with Crippen molar-refractivity contribution >= 4 is 25.9 Å². The van der Waals surface area contributed by atoms with Gasteiger partial charge in [0.05, 0.1) is 5.60 Å². The van der Waals surface area contributed by atoms with Gasteiger partial charge in [0, 0.05) is 25.1 Å². The molecule has 31 heavy (non-hydrogen) atoms. The molecule has 4 aliphatic carbocycles. The number of alkyl halides is 6. The monoisotopic (exact) mass is 501 g/mol. The number of rotatable bonds is 7. The molecule has 4 fully saturated rings. The summed E-state index contributed by atoms with van der Waals surface area (Å²) < 4.78 is 135. The highest BCUT2D eigenvalue weighted by Crippen LogP contribution is 2.60. The van der Waals surface area contributed by atoms with Gasteiger partial charge in [-0.25, -0.2) is 8.42 Å². The third-order valence-corrected chi connectivity index (χ3v) is 8.89. The molecular formula is C16H21F6NO6S2. The minimum absolute atomic E-state index is 0.103. The number of carbonyl (C=O) groups is 1. The van der Waals surface area contributed by atoms with Gasteiger partial charge in [-0.2, -0.15) is 34.8 Å². The van der Waals surface area contributed by atoms with E-state index in [1.807, 2.05) is 0 Å². The van der Waals surface area contributed by atoms with Crippen LogP contribution in [0.2, 0.25) is 0 Å². The van der Waals surface area contributed by atoms with Crippen molar-refractivity contribution in [2.24, 2.45) is 11.8 Å². The zero-order valence-corrected chi connectivity index (χ0v) is 18.1. The van der Waals surface area contributed by atoms with E-state index in [9.17, 15) is 48.0 Å². The number of sulfone groups is 1. The molecule has 4 saturated carbocycles. The summed E-state index contributed by atoms with van der Waals surface area (Å²) in [6.07, 6.45) is 0.504. The molecule has 0 aromatic rings. The second kappa shape index (κ2) is 6.72. The zero-order valence-electron chi connectivity index (χ0n) is 16.4. The normalized spacial score (nSPS) is 34.1. The standard InChI is InChI=1S/C16H21F6NO6S2/c1-9(24)23-12-4-10-3-11(5-12)7-13(6-10,8-12)29-31(27,28)16(21,22)14(17,18)15(19,20)30(2,25)26/h10-11H,3-8H2,1-2H3,(H,23,24). The van der Waals surface area contributed by atoms with Gasteiger partial charge < -0.3 is 5.32 Å². The zero-order chi connectivity index (χ0) is 23.9. The van der Waals surface area contributed by atoms with Gasteiger partial charge in [0.15, 0.2) is 0 Å². The van der Waals surface area contributed by atoms with Crippen molar-refractivity contribution in [2.75, 3.05) is 6.26 Å². The maximum absolute atomic E-state index is 14.3. The topological polar surface area (TPSA) is 107 Å². The summed E-state index contributed by atoms with van der Waals surface area (Å²) in [4.78, 5) is 11.6. The maximum Gasteiger partial charge on any atom is 0.439 e. The highest BCUT2D eigenvalue weighted by molar-refractivity contribution is 7.92. The van der Waals surface area contributed by atoms with Crippen molar-refractivity contribution in [1.82, 2.24) is 5.32 Å². The average Bonchev–Trinajstić information content (AvgIpc) is 2.49. The Bertz CT molecular complexity index is 982. The number of hydrogen-bond donors (Lipinski definition) is 1. The number of halogens is 6. The Kier molecular flexibility index (Phi) is 5.32. The molecule has 0 aromatic heterocycles. The summed E-state index contributed by atoms with van der Waals surface area (Å²) in [5.74, 6) is -7.78. The molecule has 15 heteroatoms. The summed E-state index contributed by atoms with van der Waals surface area (Å²) in [6.45, 7) is 1.20. The largest absolute Gasteiger partial charge is 0.439 e. The minimum Gasteiger partial charge on any atom is -0.351 e. The second-order valence-electron chi connectivity index (χ2n) is 9.02. The van der Waals surface area contributed by atoms with E-state index in [0.29, 0.717) is 19.3 Å². The average molecular weight is 501 g/mol. The first-order valence-electron chi connectivity index (χ1n) is 9.26. The van der Waals surface area contributed by atoms with Gasteiger partial charge in [0.2, 0.25) is 15.7 Å². The van der Waals surface area contributed by atoms with E-state index in [2.05, 4.69) is 9.50 Å². The molecule has 4 rings (SSSR count). The van der Waals surface area contributed by atoms with Gasteiger partial charge in [-0.1, -0.05) is 0 Å². The molecule has 0 heterocycles. The smallest absolute Gasteiger partial charge is 0.351 e. The van der Waals surface area contributed by atoms with E-state index < -0.39 is 59.7 Å². The SMILES string of the molecule is CC(=O)NC12CC3CC(C1)CC(OS(=O)(=O)C(F)(F)C(F)(F)C(F)(F)S(C)(=O)=O)(C3)C2. The van der Waals surface area contributed by atoms with Gasteiger partial charge in [0.25, 0.3) is 0 Å². The van der Waals surface area contributed by atoms with Crippen molar-refractivity contribution < 1.29 is 52.2 Å². The minimum atomic E-state index is -6.80. The summed E-state index contributed by atoms with van der Waals surface area (Å²) in [6, 6.07) is 0. The highest BCUT2D eigenvalue weighted by atomic mass is 32.2. The van der Waals surface area contributed by atoms with Crippen LogP contribution < -0.4 is 5.32 Å².